The smallest absolute Gasteiger partial charge is 0.193 e. The molecule has 5 aliphatic rings. The predicted octanol–water partition coefficient (Wildman–Crippen LogP) is 4.55. The topological polar surface area (TPSA) is 117 Å². The molecule has 8 heteroatoms. The Labute approximate surface area is 258 Å². The summed E-state index contributed by atoms with van der Waals surface area (Å²) in [5.74, 6) is -0.335. The van der Waals surface area contributed by atoms with Crippen LogP contribution in [-0.2, 0) is 25.7 Å². The Kier molecular flexibility index (Phi) is 7.03. The van der Waals surface area contributed by atoms with Crippen molar-refractivity contribution in [3.05, 3.63) is 83.5 Å². The fraction of sp³-hybridized carbons (Fsp3) is 0.500. The standard InChI is InChI=1S/C36H41NO7/c1-34-14-13-26(40)16-23(34)9-12-27-28-17-31-36(30(42)20-39,35(28,2)18-29(41)32(27)34)44-33(43-31)22-5-4-6-25(15-22)37(3)24-10-7-21(19-38)8-11-24/h4-8,10-11,13-16,27-29,31-33,38-39,41H,9,12,17-20H2,1-3H3/t27-,28-,29-,31+,32+,33+,34-,35-,36+/m0/s1. The summed E-state index contributed by atoms with van der Waals surface area (Å²) in [6.45, 7) is 3.49. The Hall–Kier alpha value is -3.14. The maximum Gasteiger partial charge on any atom is 0.193 e. The molecule has 4 aliphatic carbocycles. The summed E-state index contributed by atoms with van der Waals surface area (Å²) in [4.78, 5) is 28.1. The van der Waals surface area contributed by atoms with Crippen LogP contribution < -0.4 is 4.90 Å². The van der Waals surface area contributed by atoms with Crippen LogP contribution in [0.4, 0.5) is 11.4 Å². The summed E-state index contributed by atoms with van der Waals surface area (Å²) in [5.41, 5.74) is 1.99. The zero-order chi connectivity index (χ0) is 31.0. The monoisotopic (exact) mass is 599 g/mol. The first-order valence-electron chi connectivity index (χ1n) is 15.7. The first-order valence-corrected chi connectivity index (χ1v) is 15.7. The largest absolute Gasteiger partial charge is 0.393 e. The maximum atomic E-state index is 13.8. The molecule has 0 spiro atoms. The third-order valence-electron chi connectivity index (χ3n) is 11.8. The average Bonchev–Trinajstić information content (AvgIpc) is 3.53. The van der Waals surface area contributed by atoms with Gasteiger partial charge < -0.3 is 29.7 Å². The highest BCUT2D eigenvalue weighted by Crippen LogP contribution is 2.70. The molecule has 7 rings (SSSR count). The van der Waals surface area contributed by atoms with E-state index in [4.69, 9.17) is 9.47 Å². The third-order valence-corrected chi connectivity index (χ3v) is 11.8. The van der Waals surface area contributed by atoms with Crippen LogP contribution in [0.5, 0.6) is 0 Å². The van der Waals surface area contributed by atoms with Gasteiger partial charge in [0.05, 0.1) is 18.8 Å². The molecule has 1 saturated heterocycles. The molecule has 2 aromatic carbocycles. The third kappa shape index (κ3) is 4.08. The first kappa shape index (κ1) is 29.6. The van der Waals surface area contributed by atoms with Gasteiger partial charge >= 0.3 is 0 Å². The molecule has 2 aromatic rings. The van der Waals surface area contributed by atoms with Crippen molar-refractivity contribution in [2.45, 2.75) is 70.2 Å². The molecule has 1 heterocycles. The molecule has 0 radical (unpaired) electrons. The van der Waals surface area contributed by atoms with E-state index >= 15 is 0 Å². The number of allylic oxidation sites excluding steroid dienone is 4. The minimum Gasteiger partial charge on any atom is -0.393 e. The van der Waals surface area contributed by atoms with E-state index in [1.165, 1.54) is 0 Å². The number of carbonyl (C=O) groups is 2. The number of aliphatic hydroxyl groups is 3. The highest BCUT2D eigenvalue weighted by atomic mass is 16.7. The Morgan fingerprint density at radius 1 is 1.09 bits per heavy atom. The fourth-order valence-electron chi connectivity index (χ4n) is 9.69. The molecular weight excluding hydrogens is 558 g/mol. The SMILES string of the molecule is CN(c1ccc(CO)cc1)c1cccc([C@@H]2O[C@@H]3C[C@H]4[C@@H]5CCC6=CC(=O)C=C[C@]6(C)[C@H]5[C@@H](O)C[C@]4(C)[C@]3(C(=O)CO)O2)c1. The minimum absolute atomic E-state index is 0.00309. The lowest BCUT2D eigenvalue weighted by atomic mass is 9.46. The molecule has 0 aromatic heterocycles. The number of aliphatic hydroxyl groups excluding tert-OH is 3. The second kappa shape index (κ2) is 10.5. The van der Waals surface area contributed by atoms with Crippen LogP contribution in [-0.4, -0.2) is 58.3 Å². The molecule has 9 atom stereocenters. The Bertz CT molecular complexity index is 1550. The molecule has 8 nitrogen and oxygen atoms in total. The van der Waals surface area contributed by atoms with Crippen LogP contribution in [0.15, 0.2) is 72.3 Å². The van der Waals surface area contributed by atoms with Crippen LogP contribution in [0.1, 0.15) is 56.9 Å². The van der Waals surface area contributed by atoms with E-state index in [1.54, 1.807) is 12.2 Å². The quantitative estimate of drug-likeness (QED) is 0.443. The number of rotatable bonds is 6. The van der Waals surface area contributed by atoms with Gasteiger partial charge in [-0.3, -0.25) is 9.59 Å². The second-order valence-corrected chi connectivity index (χ2v) is 13.8. The van der Waals surface area contributed by atoms with Gasteiger partial charge in [0.25, 0.3) is 0 Å². The van der Waals surface area contributed by atoms with Crippen LogP contribution >= 0.6 is 0 Å². The zero-order valence-electron chi connectivity index (χ0n) is 25.5. The second-order valence-electron chi connectivity index (χ2n) is 13.8. The average molecular weight is 600 g/mol. The number of hydrogen-bond donors (Lipinski definition) is 3. The van der Waals surface area contributed by atoms with E-state index in [0.29, 0.717) is 12.8 Å². The van der Waals surface area contributed by atoms with E-state index < -0.39 is 47.3 Å². The lowest BCUT2D eigenvalue weighted by molar-refractivity contribution is -0.201. The molecule has 44 heavy (non-hydrogen) atoms. The van der Waals surface area contributed by atoms with Crippen LogP contribution in [0.3, 0.4) is 0 Å². The van der Waals surface area contributed by atoms with Crippen molar-refractivity contribution in [2.24, 2.45) is 28.6 Å². The van der Waals surface area contributed by atoms with Gasteiger partial charge in [-0.25, -0.2) is 0 Å². The van der Waals surface area contributed by atoms with Crippen molar-refractivity contribution >= 4 is 22.9 Å². The van der Waals surface area contributed by atoms with Crippen LogP contribution in [0.25, 0.3) is 0 Å². The van der Waals surface area contributed by atoms with E-state index in [-0.39, 0.29) is 30.1 Å². The lowest BCUT2D eigenvalue weighted by Crippen LogP contribution is -2.63. The fourth-order valence-corrected chi connectivity index (χ4v) is 9.69. The Morgan fingerprint density at radius 2 is 1.86 bits per heavy atom. The number of hydrogen-bond acceptors (Lipinski definition) is 8. The van der Waals surface area contributed by atoms with Gasteiger partial charge in [-0.1, -0.05) is 49.8 Å². The molecule has 0 unspecified atom stereocenters. The number of fused-ring (bicyclic) bond motifs is 7. The van der Waals surface area contributed by atoms with Gasteiger partial charge in [0.15, 0.2) is 23.5 Å². The molecule has 0 bridgehead atoms. The highest BCUT2D eigenvalue weighted by molar-refractivity contribution is 6.01. The molecule has 3 saturated carbocycles. The van der Waals surface area contributed by atoms with Crippen molar-refractivity contribution in [3.8, 4) is 0 Å². The van der Waals surface area contributed by atoms with Crippen LogP contribution in [0.2, 0.25) is 0 Å². The van der Waals surface area contributed by atoms with Crippen LogP contribution in [0, 0.1) is 28.6 Å². The van der Waals surface area contributed by atoms with Crippen molar-refractivity contribution in [1.29, 1.82) is 0 Å². The predicted molar refractivity (Wildman–Crippen MR) is 164 cm³/mol. The number of ketones is 2. The summed E-state index contributed by atoms with van der Waals surface area (Å²) in [6, 6.07) is 15.5. The zero-order valence-corrected chi connectivity index (χ0v) is 25.5. The maximum absolute atomic E-state index is 13.8. The van der Waals surface area contributed by atoms with Crippen molar-refractivity contribution in [2.75, 3.05) is 18.6 Å². The van der Waals surface area contributed by atoms with Gasteiger partial charge in [-0.15, -0.1) is 0 Å². The van der Waals surface area contributed by atoms with Gasteiger partial charge in [0.1, 0.15) is 6.61 Å². The molecular formula is C36H41NO7. The van der Waals surface area contributed by atoms with Crippen molar-refractivity contribution < 1.29 is 34.4 Å². The van der Waals surface area contributed by atoms with E-state index in [2.05, 4.69) is 6.92 Å². The number of nitrogens with zero attached hydrogens (tertiary/aromatic N) is 1. The molecule has 4 fully saturated rings. The summed E-state index contributed by atoms with van der Waals surface area (Å²) >= 11 is 0. The molecule has 1 aliphatic heterocycles. The van der Waals surface area contributed by atoms with Crippen molar-refractivity contribution in [3.63, 3.8) is 0 Å². The normalized spacial score (nSPS) is 38.8. The first-order chi connectivity index (χ1) is 21.1. The summed E-state index contributed by atoms with van der Waals surface area (Å²) < 4.78 is 13.4. The van der Waals surface area contributed by atoms with E-state index in [0.717, 1.165) is 40.9 Å². The Balaban J connectivity index is 1.20. The van der Waals surface area contributed by atoms with Gasteiger partial charge in [-0.05, 0) is 79.5 Å². The number of ether oxygens (including phenoxy) is 2. The highest BCUT2D eigenvalue weighted by Gasteiger charge is 2.75. The summed E-state index contributed by atoms with van der Waals surface area (Å²) in [5, 5.41) is 31.5. The lowest BCUT2D eigenvalue weighted by Gasteiger charge is -2.59. The summed E-state index contributed by atoms with van der Waals surface area (Å²) in [7, 11) is 1.96. The number of carbonyl (C=O) groups excluding carboxylic acids is 2. The van der Waals surface area contributed by atoms with Crippen molar-refractivity contribution in [1.82, 2.24) is 0 Å². The number of benzene rings is 2. The van der Waals surface area contributed by atoms with E-state index in [1.807, 2.05) is 73.5 Å². The van der Waals surface area contributed by atoms with E-state index in [9.17, 15) is 24.9 Å². The Morgan fingerprint density at radius 3 is 2.59 bits per heavy atom. The number of anilines is 2. The van der Waals surface area contributed by atoms with Gasteiger partial charge in [0.2, 0.25) is 0 Å². The number of Topliss-reactive ketones (excluding diaryl/α,β-unsaturated/α-hetero) is 1. The van der Waals surface area contributed by atoms with Gasteiger partial charge in [0, 0.05) is 40.7 Å². The van der Waals surface area contributed by atoms with Gasteiger partial charge in [-0.2, -0.15) is 0 Å². The molecule has 232 valence electrons. The molecule has 0 amide bonds. The minimum atomic E-state index is -1.39. The molecule has 3 N–H and O–H groups in total. The summed E-state index contributed by atoms with van der Waals surface area (Å²) in [6.07, 6.45) is 5.78.